The highest BCUT2D eigenvalue weighted by Crippen LogP contribution is 2.26. The molecule has 0 aliphatic carbocycles. The van der Waals surface area contributed by atoms with E-state index >= 15 is 0 Å². The van der Waals surface area contributed by atoms with Gasteiger partial charge in [-0.2, -0.15) is 0 Å². The number of halogens is 1. The maximum atomic E-state index is 13.6. The zero-order valence-electron chi connectivity index (χ0n) is 13.5. The van der Waals surface area contributed by atoms with Gasteiger partial charge in [0.05, 0.1) is 5.75 Å². The van der Waals surface area contributed by atoms with Crippen molar-refractivity contribution in [1.29, 1.82) is 0 Å². The van der Waals surface area contributed by atoms with E-state index in [1.54, 1.807) is 19.1 Å². The van der Waals surface area contributed by atoms with Crippen LogP contribution in [-0.4, -0.2) is 39.2 Å². The molecule has 1 fully saturated rings. The van der Waals surface area contributed by atoms with Gasteiger partial charge in [-0.15, -0.1) is 10.2 Å². The van der Waals surface area contributed by atoms with E-state index in [0.29, 0.717) is 19.4 Å². The lowest BCUT2D eigenvalue weighted by Crippen LogP contribution is -2.33. The summed E-state index contributed by atoms with van der Waals surface area (Å²) in [6.45, 7) is 2.11. The molecule has 0 spiro atoms. The van der Waals surface area contributed by atoms with Gasteiger partial charge in [0.2, 0.25) is 11.8 Å². The number of hydrogen-bond acceptors (Lipinski definition) is 7. The molecule has 1 atom stereocenters. The average molecular weight is 365 g/mol. The van der Waals surface area contributed by atoms with E-state index in [1.807, 2.05) is 0 Å². The molecule has 3 rings (SSSR count). The van der Waals surface area contributed by atoms with E-state index in [-0.39, 0.29) is 34.4 Å². The minimum absolute atomic E-state index is 0.0376. The fourth-order valence-electron chi connectivity index (χ4n) is 2.34. The Kier molecular flexibility index (Phi) is 5.32. The minimum Gasteiger partial charge on any atom is -0.478 e. The van der Waals surface area contributed by atoms with E-state index < -0.39 is 11.9 Å². The normalized spacial score (nSPS) is 15.4. The van der Waals surface area contributed by atoms with Gasteiger partial charge in [0.25, 0.3) is 11.1 Å². The standard InChI is InChI=1S/C16H16FN3O4S/c1-10(23-12-6-3-2-5-11(12)17)15-18-19-16(24-15)25-9-14(22)20-8-4-7-13(20)21/h2-3,5-6,10H,4,7-9H2,1H3/t10-/m1/s1. The molecule has 1 aromatic carbocycles. The number of aromatic nitrogens is 2. The largest absolute Gasteiger partial charge is 0.478 e. The highest BCUT2D eigenvalue weighted by Gasteiger charge is 2.27. The topological polar surface area (TPSA) is 85.5 Å². The molecule has 1 aliphatic rings. The number of carbonyl (C=O) groups excluding carboxylic acids is 2. The third kappa shape index (κ3) is 4.16. The lowest BCUT2D eigenvalue weighted by molar-refractivity contribution is -0.140. The maximum absolute atomic E-state index is 13.6. The Hall–Kier alpha value is -2.42. The molecule has 0 saturated carbocycles. The number of imide groups is 1. The quantitative estimate of drug-likeness (QED) is 0.727. The number of hydrogen-bond donors (Lipinski definition) is 0. The second kappa shape index (κ2) is 7.64. The second-order valence-electron chi connectivity index (χ2n) is 5.43. The van der Waals surface area contributed by atoms with Crippen LogP contribution < -0.4 is 4.74 Å². The van der Waals surface area contributed by atoms with Crippen LogP contribution in [0.1, 0.15) is 31.8 Å². The molecule has 0 bridgehead atoms. The van der Waals surface area contributed by atoms with Gasteiger partial charge in [0, 0.05) is 13.0 Å². The lowest BCUT2D eigenvalue weighted by Gasteiger charge is -2.12. The number of thioether (sulfide) groups is 1. The Bertz CT molecular complexity index is 782. The third-order valence-corrected chi connectivity index (χ3v) is 4.41. The second-order valence-corrected chi connectivity index (χ2v) is 6.35. The molecule has 2 aromatic rings. The van der Waals surface area contributed by atoms with E-state index in [0.717, 1.165) is 11.8 Å². The molecule has 25 heavy (non-hydrogen) atoms. The van der Waals surface area contributed by atoms with Crippen molar-refractivity contribution in [3.8, 4) is 5.75 Å². The van der Waals surface area contributed by atoms with Crippen molar-refractivity contribution in [2.24, 2.45) is 0 Å². The number of ether oxygens (including phenoxy) is 1. The minimum atomic E-state index is -0.644. The van der Waals surface area contributed by atoms with Gasteiger partial charge in [0.15, 0.2) is 17.7 Å². The van der Waals surface area contributed by atoms with Crippen LogP contribution in [0.5, 0.6) is 5.75 Å². The van der Waals surface area contributed by atoms with Gasteiger partial charge in [0.1, 0.15) is 0 Å². The van der Waals surface area contributed by atoms with Crippen molar-refractivity contribution < 1.29 is 23.1 Å². The third-order valence-electron chi connectivity index (χ3n) is 3.60. The number of rotatable bonds is 6. The highest BCUT2D eigenvalue weighted by atomic mass is 32.2. The fourth-order valence-corrected chi connectivity index (χ4v) is 2.98. The Labute approximate surface area is 147 Å². The van der Waals surface area contributed by atoms with Crippen LogP contribution in [0.2, 0.25) is 0 Å². The van der Waals surface area contributed by atoms with Crippen LogP contribution in [0.3, 0.4) is 0 Å². The Morgan fingerprint density at radius 3 is 2.96 bits per heavy atom. The molecule has 9 heteroatoms. The van der Waals surface area contributed by atoms with Gasteiger partial charge in [-0.05, 0) is 25.5 Å². The summed E-state index contributed by atoms with van der Waals surface area (Å²) >= 11 is 1.05. The predicted octanol–water partition coefficient (Wildman–Crippen LogP) is 2.59. The summed E-state index contributed by atoms with van der Waals surface area (Å²) in [4.78, 5) is 24.7. The first-order valence-corrected chi connectivity index (χ1v) is 8.73. The molecule has 0 radical (unpaired) electrons. The molecule has 0 unspecified atom stereocenters. The zero-order chi connectivity index (χ0) is 17.8. The molecule has 132 valence electrons. The molecule has 2 amide bonds. The maximum Gasteiger partial charge on any atom is 0.277 e. The molecule has 1 aliphatic heterocycles. The smallest absolute Gasteiger partial charge is 0.277 e. The first-order valence-electron chi connectivity index (χ1n) is 7.75. The van der Waals surface area contributed by atoms with Crippen molar-refractivity contribution >= 4 is 23.6 Å². The first kappa shape index (κ1) is 17.4. The van der Waals surface area contributed by atoms with Crippen LogP contribution in [0.15, 0.2) is 33.9 Å². The summed E-state index contributed by atoms with van der Waals surface area (Å²) in [6.07, 6.45) is 0.464. The predicted molar refractivity (Wildman–Crippen MR) is 86.4 cm³/mol. The molecular weight excluding hydrogens is 349 g/mol. The van der Waals surface area contributed by atoms with Gasteiger partial charge in [-0.3, -0.25) is 14.5 Å². The molecular formula is C16H16FN3O4S. The molecule has 1 aromatic heterocycles. The average Bonchev–Trinajstić information content (AvgIpc) is 3.24. The van der Waals surface area contributed by atoms with Crippen LogP contribution in [-0.2, 0) is 9.59 Å². The Morgan fingerprint density at radius 2 is 2.24 bits per heavy atom. The first-order chi connectivity index (χ1) is 12.0. The number of carbonyl (C=O) groups is 2. The van der Waals surface area contributed by atoms with Crippen molar-refractivity contribution in [3.05, 3.63) is 36.0 Å². The van der Waals surface area contributed by atoms with Gasteiger partial charge in [-0.1, -0.05) is 23.9 Å². The number of likely N-dealkylation sites (tertiary alicyclic amines) is 1. The van der Waals surface area contributed by atoms with Crippen LogP contribution in [0.4, 0.5) is 4.39 Å². The van der Waals surface area contributed by atoms with Crippen molar-refractivity contribution in [2.75, 3.05) is 12.3 Å². The van der Waals surface area contributed by atoms with Gasteiger partial charge in [-0.25, -0.2) is 4.39 Å². The molecule has 7 nitrogen and oxygen atoms in total. The summed E-state index contributed by atoms with van der Waals surface area (Å²) in [7, 11) is 0. The molecule has 1 saturated heterocycles. The molecule has 0 N–H and O–H groups in total. The highest BCUT2D eigenvalue weighted by molar-refractivity contribution is 7.99. The van der Waals surface area contributed by atoms with Crippen LogP contribution >= 0.6 is 11.8 Å². The number of amides is 2. The molecule has 2 heterocycles. The van der Waals surface area contributed by atoms with Gasteiger partial charge >= 0.3 is 0 Å². The number of nitrogens with zero attached hydrogens (tertiary/aromatic N) is 3. The number of benzene rings is 1. The van der Waals surface area contributed by atoms with Crippen LogP contribution in [0.25, 0.3) is 0 Å². The van der Waals surface area contributed by atoms with E-state index in [9.17, 15) is 14.0 Å². The SMILES string of the molecule is C[C@@H](Oc1ccccc1F)c1nnc(SCC(=O)N2CCCC2=O)o1. The number of para-hydroxylation sites is 1. The summed E-state index contributed by atoms with van der Waals surface area (Å²) in [6, 6.07) is 6.02. The summed E-state index contributed by atoms with van der Waals surface area (Å²) < 4.78 is 24.5. The van der Waals surface area contributed by atoms with Crippen molar-refractivity contribution in [2.45, 2.75) is 31.1 Å². The van der Waals surface area contributed by atoms with E-state index in [2.05, 4.69) is 10.2 Å². The Balaban J connectivity index is 1.56. The van der Waals surface area contributed by atoms with Crippen molar-refractivity contribution in [3.63, 3.8) is 0 Å². The fraction of sp³-hybridized carbons (Fsp3) is 0.375. The zero-order valence-corrected chi connectivity index (χ0v) is 14.3. The van der Waals surface area contributed by atoms with E-state index in [1.165, 1.54) is 17.0 Å². The van der Waals surface area contributed by atoms with Crippen LogP contribution in [0, 0.1) is 5.82 Å². The van der Waals surface area contributed by atoms with E-state index in [4.69, 9.17) is 9.15 Å². The lowest BCUT2D eigenvalue weighted by atomic mass is 10.3. The summed E-state index contributed by atoms with van der Waals surface area (Å²) in [5.74, 6) is -0.604. The Morgan fingerprint density at radius 1 is 1.44 bits per heavy atom. The summed E-state index contributed by atoms with van der Waals surface area (Å²) in [5, 5.41) is 7.88. The van der Waals surface area contributed by atoms with Gasteiger partial charge < -0.3 is 9.15 Å². The summed E-state index contributed by atoms with van der Waals surface area (Å²) in [5.41, 5.74) is 0. The van der Waals surface area contributed by atoms with Crippen molar-refractivity contribution in [1.82, 2.24) is 15.1 Å². The monoisotopic (exact) mass is 365 g/mol.